The molecule has 0 aromatic heterocycles. The summed E-state index contributed by atoms with van der Waals surface area (Å²) in [5, 5.41) is 0. The maximum Gasteiger partial charge on any atom is 0.338 e. The van der Waals surface area contributed by atoms with Gasteiger partial charge in [-0.3, -0.25) is 0 Å². The number of unbranched alkanes of at least 4 members (excludes halogenated alkanes) is 8. The predicted molar refractivity (Wildman–Crippen MR) is 88.4 cm³/mol. The molecule has 0 amide bonds. The number of ether oxygens (including phenoxy) is 1. The summed E-state index contributed by atoms with van der Waals surface area (Å²) in [6, 6.07) is 6.84. The van der Waals surface area contributed by atoms with E-state index in [-0.39, 0.29) is 5.97 Å². The van der Waals surface area contributed by atoms with E-state index in [9.17, 15) is 4.79 Å². The molecule has 0 saturated heterocycles. The zero-order valence-corrected chi connectivity index (χ0v) is 13.3. The monoisotopic (exact) mass is 291 g/mol. The minimum atomic E-state index is -0.255. The van der Waals surface area contributed by atoms with E-state index in [1.165, 1.54) is 44.9 Å². The van der Waals surface area contributed by atoms with E-state index in [0.717, 1.165) is 12.8 Å². The van der Waals surface area contributed by atoms with Crippen LogP contribution in [0, 0.1) is 0 Å². The van der Waals surface area contributed by atoms with Crippen molar-refractivity contribution in [3.05, 3.63) is 29.8 Å². The van der Waals surface area contributed by atoms with Gasteiger partial charge in [0, 0.05) is 5.69 Å². The van der Waals surface area contributed by atoms with Gasteiger partial charge in [-0.25, -0.2) is 4.79 Å². The molecule has 0 bridgehead atoms. The summed E-state index contributed by atoms with van der Waals surface area (Å²) < 4.78 is 5.25. The average Bonchev–Trinajstić information content (AvgIpc) is 2.49. The van der Waals surface area contributed by atoms with Gasteiger partial charge in [-0.1, -0.05) is 58.3 Å². The Hall–Kier alpha value is -1.51. The second-order valence-corrected chi connectivity index (χ2v) is 5.59. The third kappa shape index (κ3) is 8.38. The van der Waals surface area contributed by atoms with Crippen molar-refractivity contribution in [1.29, 1.82) is 0 Å². The fourth-order valence-electron chi connectivity index (χ4n) is 2.28. The molecule has 0 unspecified atom stereocenters. The lowest BCUT2D eigenvalue weighted by molar-refractivity contribution is 0.0497. The standard InChI is InChI=1S/C18H29NO2/c1-2-3-4-5-6-7-8-9-10-15-21-18(20)16-11-13-17(19)14-12-16/h11-14H,2-10,15,19H2,1H3. The van der Waals surface area contributed by atoms with Gasteiger partial charge >= 0.3 is 5.97 Å². The lowest BCUT2D eigenvalue weighted by Gasteiger charge is -2.05. The minimum absolute atomic E-state index is 0.255. The molecule has 0 aliphatic carbocycles. The zero-order valence-electron chi connectivity index (χ0n) is 13.3. The number of carbonyl (C=O) groups excluding carboxylic acids is 1. The van der Waals surface area contributed by atoms with Crippen LogP contribution in [-0.4, -0.2) is 12.6 Å². The number of anilines is 1. The van der Waals surface area contributed by atoms with Crippen LogP contribution in [0.15, 0.2) is 24.3 Å². The van der Waals surface area contributed by atoms with Crippen LogP contribution in [0.25, 0.3) is 0 Å². The average molecular weight is 291 g/mol. The first kappa shape index (κ1) is 17.5. The molecule has 0 atom stereocenters. The van der Waals surface area contributed by atoms with Crippen LogP contribution < -0.4 is 5.73 Å². The molecular weight excluding hydrogens is 262 g/mol. The Morgan fingerprint density at radius 2 is 1.43 bits per heavy atom. The minimum Gasteiger partial charge on any atom is -0.462 e. The number of nitrogen functional groups attached to an aromatic ring is 1. The molecule has 0 fully saturated rings. The van der Waals surface area contributed by atoms with Crippen molar-refractivity contribution in [3.63, 3.8) is 0 Å². The number of hydrogen-bond donors (Lipinski definition) is 1. The van der Waals surface area contributed by atoms with E-state index < -0.39 is 0 Å². The Labute approximate surface area is 128 Å². The van der Waals surface area contributed by atoms with Crippen LogP contribution in [0.1, 0.15) is 75.1 Å². The quantitative estimate of drug-likeness (QED) is 0.356. The van der Waals surface area contributed by atoms with Crippen molar-refractivity contribution in [2.75, 3.05) is 12.3 Å². The van der Waals surface area contributed by atoms with Crippen molar-refractivity contribution >= 4 is 11.7 Å². The summed E-state index contributed by atoms with van der Waals surface area (Å²) >= 11 is 0. The van der Waals surface area contributed by atoms with Crippen LogP contribution >= 0.6 is 0 Å². The largest absolute Gasteiger partial charge is 0.462 e. The van der Waals surface area contributed by atoms with Gasteiger partial charge in [-0.2, -0.15) is 0 Å². The summed E-state index contributed by atoms with van der Waals surface area (Å²) in [5.74, 6) is -0.255. The summed E-state index contributed by atoms with van der Waals surface area (Å²) in [6.07, 6.45) is 11.4. The Morgan fingerprint density at radius 1 is 0.905 bits per heavy atom. The summed E-state index contributed by atoms with van der Waals surface area (Å²) in [5.41, 5.74) is 6.81. The molecule has 0 heterocycles. The molecule has 3 heteroatoms. The highest BCUT2D eigenvalue weighted by Crippen LogP contribution is 2.10. The first-order chi connectivity index (χ1) is 10.2. The predicted octanol–water partition coefficient (Wildman–Crippen LogP) is 4.96. The summed E-state index contributed by atoms with van der Waals surface area (Å²) in [4.78, 5) is 11.7. The van der Waals surface area contributed by atoms with E-state index >= 15 is 0 Å². The smallest absolute Gasteiger partial charge is 0.338 e. The van der Waals surface area contributed by atoms with Gasteiger partial charge in [0.15, 0.2) is 0 Å². The second-order valence-electron chi connectivity index (χ2n) is 5.59. The molecule has 0 aliphatic heterocycles. The van der Waals surface area contributed by atoms with Crippen molar-refractivity contribution in [2.24, 2.45) is 0 Å². The van der Waals surface area contributed by atoms with Crippen LogP contribution in [0.5, 0.6) is 0 Å². The van der Waals surface area contributed by atoms with E-state index in [4.69, 9.17) is 10.5 Å². The molecule has 0 radical (unpaired) electrons. The van der Waals surface area contributed by atoms with Crippen molar-refractivity contribution in [1.82, 2.24) is 0 Å². The van der Waals surface area contributed by atoms with Gasteiger partial charge in [-0.05, 0) is 30.7 Å². The van der Waals surface area contributed by atoms with Crippen LogP contribution in [0.4, 0.5) is 5.69 Å². The maximum absolute atomic E-state index is 11.7. The third-order valence-corrected chi connectivity index (χ3v) is 3.63. The fraction of sp³-hybridized carbons (Fsp3) is 0.611. The van der Waals surface area contributed by atoms with E-state index in [0.29, 0.717) is 17.9 Å². The molecule has 3 nitrogen and oxygen atoms in total. The molecule has 118 valence electrons. The summed E-state index contributed by atoms with van der Waals surface area (Å²) in [7, 11) is 0. The van der Waals surface area contributed by atoms with Crippen molar-refractivity contribution in [3.8, 4) is 0 Å². The first-order valence-electron chi connectivity index (χ1n) is 8.26. The van der Waals surface area contributed by atoms with Gasteiger partial charge in [-0.15, -0.1) is 0 Å². The third-order valence-electron chi connectivity index (χ3n) is 3.63. The van der Waals surface area contributed by atoms with E-state index in [2.05, 4.69) is 6.92 Å². The molecule has 21 heavy (non-hydrogen) atoms. The topological polar surface area (TPSA) is 52.3 Å². The molecule has 2 N–H and O–H groups in total. The van der Waals surface area contributed by atoms with Crippen LogP contribution in [0.3, 0.4) is 0 Å². The lowest BCUT2D eigenvalue weighted by atomic mass is 10.1. The van der Waals surface area contributed by atoms with Gasteiger partial charge < -0.3 is 10.5 Å². The normalized spacial score (nSPS) is 10.5. The Balaban J connectivity index is 1.96. The van der Waals surface area contributed by atoms with Gasteiger partial charge in [0.05, 0.1) is 12.2 Å². The molecular formula is C18H29NO2. The van der Waals surface area contributed by atoms with Gasteiger partial charge in [0.1, 0.15) is 0 Å². The number of carbonyl (C=O) groups is 1. The van der Waals surface area contributed by atoms with Crippen molar-refractivity contribution in [2.45, 2.75) is 64.7 Å². The van der Waals surface area contributed by atoms with Crippen LogP contribution in [-0.2, 0) is 4.74 Å². The molecule has 1 aromatic rings. The number of esters is 1. The summed E-state index contributed by atoms with van der Waals surface area (Å²) in [6.45, 7) is 2.75. The molecule has 0 aliphatic rings. The first-order valence-corrected chi connectivity index (χ1v) is 8.26. The number of hydrogen-bond acceptors (Lipinski definition) is 3. The molecule has 1 aromatic carbocycles. The zero-order chi connectivity index (χ0) is 15.3. The Kier molecular flexibility index (Phi) is 9.34. The van der Waals surface area contributed by atoms with Gasteiger partial charge in [0.25, 0.3) is 0 Å². The Morgan fingerprint density at radius 3 is 2.00 bits per heavy atom. The Bertz CT molecular complexity index is 387. The molecule has 1 rings (SSSR count). The van der Waals surface area contributed by atoms with Crippen LogP contribution in [0.2, 0.25) is 0 Å². The number of rotatable bonds is 11. The number of nitrogens with two attached hydrogens (primary N) is 1. The maximum atomic E-state index is 11.7. The second kappa shape index (κ2) is 11.2. The van der Waals surface area contributed by atoms with E-state index in [1.54, 1.807) is 24.3 Å². The highest BCUT2D eigenvalue weighted by Gasteiger charge is 2.05. The fourth-order valence-corrected chi connectivity index (χ4v) is 2.28. The highest BCUT2D eigenvalue weighted by molar-refractivity contribution is 5.89. The molecule has 0 saturated carbocycles. The lowest BCUT2D eigenvalue weighted by Crippen LogP contribution is -2.06. The van der Waals surface area contributed by atoms with E-state index in [1.807, 2.05) is 0 Å². The highest BCUT2D eigenvalue weighted by atomic mass is 16.5. The SMILES string of the molecule is CCCCCCCCCCCOC(=O)c1ccc(N)cc1. The van der Waals surface area contributed by atoms with Gasteiger partial charge in [0.2, 0.25) is 0 Å². The molecule has 0 spiro atoms. The number of benzene rings is 1. The van der Waals surface area contributed by atoms with Crippen molar-refractivity contribution < 1.29 is 9.53 Å².